The molecule has 0 aliphatic heterocycles. The fourth-order valence-electron chi connectivity index (χ4n) is 2.11. The summed E-state index contributed by atoms with van der Waals surface area (Å²) in [5, 5.41) is 11.6. The van der Waals surface area contributed by atoms with Crippen LogP contribution in [0.2, 0.25) is 0 Å². The highest BCUT2D eigenvalue weighted by atomic mass is 16.5. The molecule has 2 amide bonds. The SMILES string of the molecule is Cc1ccc(OCCN(C)C(=O)NCc2ccc(C(=O)O)cc2)cc1. The summed E-state index contributed by atoms with van der Waals surface area (Å²) in [4.78, 5) is 24.4. The molecule has 0 radical (unpaired) electrons. The topological polar surface area (TPSA) is 78.9 Å². The minimum atomic E-state index is -0.969. The predicted octanol–water partition coefficient (Wildman–Crippen LogP) is 2.91. The van der Waals surface area contributed by atoms with Gasteiger partial charge in [-0.25, -0.2) is 9.59 Å². The zero-order valence-corrected chi connectivity index (χ0v) is 14.4. The van der Waals surface area contributed by atoms with E-state index in [-0.39, 0.29) is 11.6 Å². The van der Waals surface area contributed by atoms with Crippen LogP contribution in [0.4, 0.5) is 4.79 Å². The van der Waals surface area contributed by atoms with Gasteiger partial charge in [0.2, 0.25) is 0 Å². The second-order valence-electron chi connectivity index (χ2n) is 5.74. The van der Waals surface area contributed by atoms with Crippen LogP contribution in [0, 0.1) is 6.92 Å². The number of hydrogen-bond acceptors (Lipinski definition) is 3. The average molecular weight is 342 g/mol. The second-order valence-corrected chi connectivity index (χ2v) is 5.74. The molecule has 0 aliphatic rings. The molecule has 2 aromatic carbocycles. The van der Waals surface area contributed by atoms with Gasteiger partial charge in [-0.1, -0.05) is 29.8 Å². The highest BCUT2D eigenvalue weighted by Gasteiger charge is 2.08. The van der Waals surface area contributed by atoms with E-state index in [0.717, 1.165) is 11.3 Å². The Balaban J connectivity index is 1.72. The first kappa shape index (κ1) is 18.3. The number of aromatic carboxylic acids is 1. The molecule has 2 aromatic rings. The van der Waals surface area contributed by atoms with E-state index in [2.05, 4.69) is 5.32 Å². The number of benzene rings is 2. The summed E-state index contributed by atoms with van der Waals surface area (Å²) in [5.74, 6) is -0.193. The molecule has 6 heteroatoms. The third-order valence-electron chi connectivity index (χ3n) is 3.71. The second kappa shape index (κ2) is 8.73. The zero-order valence-electron chi connectivity index (χ0n) is 14.4. The van der Waals surface area contributed by atoms with Gasteiger partial charge in [0.25, 0.3) is 0 Å². The third-order valence-corrected chi connectivity index (χ3v) is 3.71. The van der Waals surface area contributed by atoms with Gasteiger partial charge in [-0.3, -0.25) is 0 Å². The van der Waals surface area contributed by atoms with Crippen LogP contribution in [0.5, 0.6) is 5.75 Å². The number of carboxylic acid groups (broad SMARTS) is 1. The number of nitrogens with zero attached hydrogens (tertiary/aromatic N) is 1. The summed E-state index contributed by atoms with van der Waals surface area (Å²) >= 11 is 0. The molecular formula is C19H22N2O4. The Kier molecular flexibility index (Phi) is 6.39. The molecule has 0 saturated carbocycles. The molecule has 0 aromatic heterocycles. The van der Waals surface area contributed by atoms with Crippen LogP contribution in [0.1, 0.15) is 21.5 Å². The first-order valence-electron chi connectivity index (χ1n) is 7.96. The maximum atomic E-state index is 12.0. The van der Waals surface area contributed by atoms with Crippen molar-refractivity contribution in [2.45, 2.75) is 13.5 Å². The van der Waals surface area contributed by atoms with Crippen LogP contribution in [-0.2, 0) is 6.54 Å². The number of carboxylic acids is 1. The maximum Gasteiger partial charge on any atom is 0.335 e. The van der Waals surface area contributed by atoms with Crippen molar-refractivity contribution in [2.75, 3.05) is 20.2 Å². The van der Waals surface area contributed by atoms with Crippen LogP contribution >= 0.6 is 0 Å². The number of urea groups is 1. The van der Waals surface area contributed by atoms with Crippen LogP contribution in [-0.4, -0.2) is 42.2 Å². The van der Waals surface area contributed by atoms with Crippen molar-refractivity contribution in [3.63, 3.8) is 0 Å². The first-order chi connectivity index (χ1) is 12.0. The van der Waals surface area contributed by atoms with Crippen molar-refractivity contribution in [3.8, 4) is 5.75 Å². The summed E-state index contributed by atoms with van der Waals surface area (Å²) in [6.07, 6.45) is 0. The Labute approximate surface area is 147 Å². The molecule has 25 heavy (non-hydrogen) atoms. The smallest absolute Gasteiger partial charge is 0.335 e. The number of rotatable bonds is 7. The van der Waals surface area contributed by atoms with Crippen LogP contribution < -0.4 is 10.1 Å². The monoisotopic (exact) mass is 342 g/mol. The van der Waals surface area contributed by atoms with Crippen molar-refractivity contribution >= 4 is 12.0 Å². The standard InChI is InChI=1S/C19H22N2O4/c1-14-3-9-17(10-4-14)25-12-11-21(2)19(24)20-13-15-5-7-16(8-6-15)18(22)23/h3-10H,11-13H2,1-2H3,(H,20,24)(H,22,23). The van der Waals surface area contributed by atoms with Gasteiger partial charge in [0.1, 0.15) is 12.4 Å². The molecule has 2 N–H and O–H groups in total. The van der Waals surface area contributed by atoms with E-state index < -0.39 is 5.97 Å². The lowest BCUT2D eigenvalue weighted by atomic mass is 10.1. The molecule has 2 rings (SSSR count). The number of amides is 2. The minimum absolute atomic E-state index is 0.213. The Morgan fingerprint density at radius 1 is 1.08 bits per heavy atom. The summed E-state index contributed by atoms with van der Waals surface area (Å²) in [7, 11) is 1.70. The fourth-order valence-corrected chi connectivity index (χ4v) is 2.11. The van der Waals surface area contributed by atoms with Gasteiger partial charge in [0.15, 0.2) is 0 Å². The maximum absolute atomic E-state index is 12.0. The number of carbonyl (C=O) groups is 2. The summed E-state index contributed by atoms with van der Waals surface area (Å²) < 4.78 is 5.60. The normalized spacial score (nSPS) is 10.2. The average Bonchev–Trinajstić information content (AvgIpc) is 2.61. The van der Waals surface area contributed by atoms with Gasteiger partial charge in [0, 0.05) is 13.6 Å². The predicted molar refractivity (Wildman–Crippen MR) is 94.9 cm³/mol. The Morgan fingerprint density at radius 2 is 1.72 bits per heavy atom. The highest BCUT2D eigenvalue weighted by Crippen LogP contribution is 2.11. The van der Waals surface area contributed by atoms with Gasteiger partial charge >= 0.3 is 12.0 Å². The Bertz CT molecular complexity index is 711. The van der Waals surface area contributed by atoms with Crippen LogP contribution in [0.25, 0.3) is 0 Å². The van der Waals surface area contributed by atoms with Gasteiger partial charge in [-0.05, 0) is 36.8 Å². The molecule has 6 nitrogen and oxygen atoms in total. The Hall–Kier alpha value is -3.02. The van der Waals surface area contributed by atoms with E-state index in [0.29, 0.717) is 19.7 Å². The first-order valence-corrected chi connectivity index (χ1v) is 7.96. The highest BCUT2D eigenvalue weighted by molar-refractivity contribution is 5.87. The van der Waals surface area contributed by atoms with E-state index in [1.54, 1.807) is 24.1 Å². The molecular weight excluding hydrogens is 320 g/mol. The van der Waals surface area contributed by atoms with Crippen molar-refractivity contribution in [2.24, 2.45) is 0 Å². The summed E-state index contributed by atoms with van der Waals surface area (Å²) in [6.45, 7) is 3.21. The third kappa shape index (κ3) is 5.84. The van der Waals surface area contributed by atoms with Crippen molar-refractivity contribution in [3.05, 3.63) is 65.2 Å². The molecule has 0 aliphatic carbocycles. The van der Waals surface area contributed by atoms with Crippen molar-refractivity contribution in [1.29, 1.82) is 0 Å². The van der Waals surface area contributed by atoms with Crippen LogP contribution in [0.3, 0.4) is 0 Å². The lowest BCUT2D eigenvalue weighted by Gasteiger charge is -2.18. The summed E-state index contributed by atoms with van der Waals surface area (Å²) in [5.41, 5.74) is 2.23. The fraction of sp³-hybridized carbons (Fsp3) is 0.263. The van der Waals surface area contributed by atoms with E-state index in [1.165, 1.54) is 17.7 Å². The quantitative estimate of drug-likeness (QED) is 0.811. The van der Waals surface area contributed by atoms with Gasteiger partial charge in [-0.2, -0.15) is 0 Å². The largest absolute Gasteiger partial charge is 0.492 e. The zero-order chi connectivity index (χ0) is 18.2. The number of aryl methyl sites for hydroxylation is 1. The number of hydrogen-bond donors (Lipinski definition) is 2. The summed E-state index contributed by atoms with van der Waals surface area (Å²) in [6, 6.07) is 13.9. The van der Waals surface area contributed by atoms with Gasteiger partial charge < -0.3 is 20.1 Å². The lowest BCUT2D eigenvalue weighted by Crippen LogP contribution is -2.39. The number of likely N-dealkylation sites (N-methyl/N-ethyl adjacent to an activating group) is 1. The van der Waals surface area contributed by atoms with Crippen LogP contribution in [0.15, 0.2) is 48.5 Å². The molecule has 132 valence electrons. The molecule has 0 heterocycles. The lowest BCUT2D eigenvalue weighted by molar-refractivity contribution is 0.0697. The van der Waals surface area contributed by atoms with E-state index in [1.807, 2.05) is 31.2 Å². The molecule has 0 unspecified atom stereocenters. The minimum Gasteiger partial charge on any atom is -0.492 e. The van der Waals surface area contributed by atoms with E-state index >= 15 is 0 Å². The van der Waals surface area contributed by atoms with Crippen molar-refractivity contribution in [1.82, 2.24) is 10.2 Å². The van der Waals surface area contributed by atoms with Gasteiger partial charge in [0.05, 0.1) is 12.1 Å². The van der Waals surface area contributed by atoms with Gasteiger partial charge in [-0.15, -0.1) is 0 Å². The molecule has 0 atom stereocenters. The molecule has 0 saturated heterocycles. The Morgan fingerprint density at radius 3 is 2.32 bits per heavy atom. The molecule has 0 bridgehead atoms. The molecule has 0 fully saturated rings. The number of ether oxygens (including phenoxy) is 1. The van der Waals surface area contributed by atoms with Crippen molar-refractivity contribution < 1.29 is 19.4 Å². The molecule has 0 spiro atoms. The van der Waals surface area contributed by atoms with E-state index in [9.17, 15) is 9.59 Å². The number of nitrogens with one attached hydrogen (secondary N) is 1. The van der Waals surface area contributed by atoms with E-state index in [4.69, 9.17) is 9.84 Å². The number of carbonyl (C=O) groups excluding carboxylic acids is 1.